The molecule has 3 aromatic carbocycles. The lowest BCUT2D eigenvalue weighted by atomic mass is 10.0. The Morgan fingerprint density at radius 2 is 1.27 bits per heavy atom. The van der Waals surface area contributed by atoms with E-state index in [1.807, 2.05) is 21.9 Å². The van der Waals surface area contributed by atoms with Crippen LogP contribution in [0.1, 0.15) is 105 Å². The van der Waals surface area contributed by atoms with Crippen molar-refractivity contribution >= 4 is 33.4 Å². The molecule has 4 aliphatic rings. The predicted octanol–water partition coefficient (Wildman–Crippen LogP) is 7.78. The zero-order valence-electron chi connectivity index (χ0n) is 27.0. The number of anilines is 2. The van der Waals surface area contributed by atoms with Crippen LogP contribution in [0.3, 0.4) is 0 Å². The maximum Gasteiger partial charge on any atom is 0.151 e. The van der Waals surface area contributed by atoms with Crippen LogP contribution in [0.15, 0.2) is 42.5 Å². The molecular weight excluding hydrogens is 613 g/mol. The molecule has 2 unspecified atom stereocenters. The molecule has 250 valence electrons. The molecule has 4 fully saturated rings. The summed E-state index contributed by atoms with van der Waals surface area (Å²) in [5, 5.41) is 6.97. The van der Waals surface area contributed by atoms with E-state index < -0.39 is 17.7 Å². The minimum atomic E-state index is -0.577. The van der Waals surface area contributed by atoms with Gasteiger partial charge in [-0.25, -0.2) is 23.1 Å². The molecule has 8 nitrogen and oxygen atoms in total. The Bertz CT molecular complexity index is 1950. The summed E-state index contributed by atoms with van der Waals surface area (Å²) >= 11 is 0. The number of rotatable bonds is 6. The molecule has 4 aliphatic heterocycles. The van der Waals surface area contributed by atoms with Crippen molar-refractivity contribution in [1.29, 1.82) is 0 Å². The molecule has 5 aromatic rings. The molecule has 0 amide bonds. The highest BCUT2D eigenvalue weighted by atomic mass is 19.1. The number of H-pyrrole nitrogens is 2. The van der Waals surface area contributed by atoms with Gasteiger partial charge in [0.1, 0.15) is 23.2 Å². The quantitative estimate of drug-likeness (QED) is 0.150. The fourth-order valence-electron chi connectivity index (χ4n) is 8.67. The number of benzene rings is 3. The average Bonchev–Trinajstić information content (AvgIpc) is 3.93. The van der Waals surface area contributed by atoms with Gasteiger partial charge in [0.25, 0.3) is 0 Å². The summed E-state index contributed by atoms with van der Waals surface area (Å²) in [5.41, 5.74) is 5.11. The zero-order valence-corrected chi connectivity index (χ0v) is 27.0. The molecule has 0 aliphatic carbocycles. The number of halogens is 3. The predicted molar refractivity (Wildman–Crippen MR) is 182 cm³/mol. The minimum Gasteiger partial charge on any atom is -0.367 e. The third kappa shape index (κ3) is 5.22. The van der Waals surface area contributed by atoms with Crippen molar-refractivity contribution in [2.24, 2.45) is 0 Å². The summed E-state index contributed by atoms with van der Waals surface area (Å²) in [6.07, 6.45) is 8.43. The summed E-state index contributed by atoms with van der Waals surface area (Å²) < 4.78 is 48.1. The number of hydrogen-bond acceptors (Lipinski definition) is 6. The van der Waals surface area contributed by atoms with Gasteiger partial charge in [0.05, 0.1) is 46.2 Å². The van der Waals surface area contributed by atoms with Gasteiger partial charge in [0.2, 0.25) is 0 Å². The van der Waals surface area contributed by atoms with E-state index in [4.69, 9.17) is 9.97 Å². The van der Waals surface area contributed by atoms with Crippen LogP contribution in [0, 0.1) is 17.5 Å². The largest absolute Gasteiger partial charge is 0.367 e. The molecule has 6 heterocycles. The van der Waals surface area contributed by atoms with Gasteiger partial charge in [-0.2, -0.15) is 0 Å². The van der Waals surface area contributed by atoms with Gasteiger partial charge in [-0.3, -0.25) is 0 Å². The fourth-order valence-corrected chi connectivity index (χ4v) is 8.67. The van der Waals surface area contributed by atoms with Gasteiger partial charge in [0, 0.05) is 30.4 Å². The standard InChI is InChI=1S/C37H41F3N8/c38-24-20-32-31(45-37(46-32)29-7-5-13-42-29)19-23(24)34-11-10-33(21-8-9-27-30(16-21)44-36(43-27)28-6-4-12-41-28)48(34)22-17-25(39)35(26(40)18-22)47-14-2-1-3-15-47/h8-9,16-20,28-29,33-34,41-42H,1-7,10-15H2,(H,43,44)(H,45,46)/t28?,29?,33-,34-/m1/s1. The topological polar surface area (TPSA) is 87.9 Å². The summed E-state index contributed by atoms with van der Waals surface area (Å²) in [7, 11) is 0. The minimum absolute atomic E-state index is 0.0378. The van der Waals surface area contributed by atoms with Crippen LogP contribution >= 0.6 is 0 Å². The summed E-state index contributed by atoms with van der Waals surface area (Å²) in [4.78, 5) is 20.4. The van der Waals surface area contributed by atoms with Crippen molar-refractivity contribution in [1.82, 2.24) is 30.6 Å². The Balaban J connectivity index is 1.12. The number of aromatic amines is 2. The highest BCUT2D eigenvalue weighted by Crippen LogP contribution is 2.49. The van der Waals surface area contributed by atoms with Crippen molar-refractivity contribution in [2.75, 3.05) is 36.0 Å². The Kier molecular flexibility index (Phi) is 7.57. The van der Waals surface area contributed by atoms with Crippen LogP contribution in [-0.2, 0) is 0 Å². The summed E-state index contributed by atoms with van der Waals surface area (Å²) in [6.45, 7) is 3.19. The van der Waals surface area contributed by atoms with Gasteiger partial charge in [0.15, 0.2) is 11.6 Å². The summed E-state index contributed by atoms with van der Waals surface area (Å²) in [6, 6.07) is 12.1. The van der Waals surface area contributed by atoms with E-state index in [1.165, 1.54) is 18.2 Å². The first-order chi connectivity index (χ1) is 23.5. The number of imidazole rings is 2. The second-order valence-corrected chi connectivity index (χ2v) is 14.0. The molecule has 11 heteroatoms. The molecular formula is C37H41F3N8. The van der Waals surface area contributed by atoms with Crippen LogP contribution in [0.5, 0.6) is 0 Å². The van der Waals surface area contributed by atoms with Gasteiger partial charge in [-0.1, -0.05) is 6.07 Å². The first-order valence-electron chi connectivity index (χ1n) is 17.7. The van der Waals surface area contributed by atoms with Crippen LogP contribution in [0.25, 0.3) is 22.1 Å². The molecule has 48 heavy (non-hydrogen) atoms. The molecule has 4 N–H and O–H groups in total. The third-order valence-electron chi connectivity index (χ3n) is 11.0. The number of hydrogen-bond donors (Lipinski definition) is 4. The van der Waals surface area contributed by atoms with Crippen molar-refractivity contribution in [3.8, 4) is 0 Å². The van der Waals surface area contributed by atoms with Crippen molar-refractivity contribution < 1.29 is 13.2 Å². The Hall–Kier alpha value is -4.09. The van der Waals surface area contributed by atoms with E-state index in [-0.39, 0.29) is 29.6 Å². The van der Waals surface area contributed by atoms with E-state index in [0.29, 0.717) is 42.7 Å². The molecule has 0 spiro atoms. The van der Waals surface area contributed by atoms with Gasteiger partial charge < -0.3 is 30.4 Å². The number of nitrogens with zero attached hydrogens (tertiary/aromatic N) is 4. The normalized spacial score (nSPS) is 24.9. The molecule has 2 aromatic heterocycles. The zero-order chi connectivity index (χ0) is 32.4. The second-order valence-electron chi connectivity index (χ2n) is 14.0. The first-order valence-corrected chi connectivity index (χ1v) is 17.7. The lowest BCUT2D eigenvalue weighted by Gasteiger charge is -2.35. The molecule has 0 radical (unpaired) electrons. The number of nitrogens with one attached hydrogen (secondary N) is 4. The van der Waals surface area contributed by atoms with E-state index in [1.54, 1.807) is 0 Å². The average molecular weight is 655 g/mol. The summed E-state index contributed by atoms with van der Waals surface area (Å²) in [5.74, 6) is 0.233. The van der Waals surface area contributed by atoms with Crippen LogP contribution in [0.2, 0.25) is 0 Å². The van der Waals surface area contributed by atoms with Crippen molar-refractivity contribution in [2.45, 2.75) is 82.0 Å². The molecule has 4 atom stereocenters. The Labute approximate surface area is 277 Å². The van der Waals surface area contributed by atoms with Gasteiger partial charge in [-0.15, -0.1) is 0 Å². The third-order valence-corrected chi connectivity index (χ3v) is 11.0. The number of fused-ring (bicyclic) bond motifs is 2. The number of aromatic nitrogens is 4. The molecule has 4 saturated heterocycles. The number of piperidine rings is 1. The maximum absolute atomic E-state index is 16.1. The smallest absolute Gasteiger partial charge is 0.151 e. The SMILES string of the molecule is Fc1cc2nc(C3CCCN3)[nH]c2cc1[C@H]1CC[C@H](c2ccc3nc(C4CCCN4)[nH]c3c2)N1c1cc(F)c(N2CCCCC2)c(F)c1. The van der Waals surface area contributed by atoms with Gasteiger partial charge >= 0.3 is 0 Å². The van der Waals surface area contributed by atoms with Crippen LogP contribution in [0.4, 0.5) is 24.5 Å². The maximum atomic E-state index is 16.1. The second kappa shape index (κ2) is 12.1. The van der Waals surface area contributed by atoms with E-state index in [9.17, 15) is 0 Å². The Morgan fingerprint density at radius 3 is 1.94 bits per heavy atom. The Morgan fingerprint density at radius 1 is 0.625 bits per heavy atom. The van der Waals surface area contributed by atoms with Crippen LogP contribution < -0.4 is 20.4 Å². The van der Waals surface area contributed by atoms with Crippen LogP contribution in [-0.4, -0.2) is 46.1 Å². The highest BCUT2D eigenvalue weighted by Gasteiger charge is 2.38. The molecule has 9 rings (SSSR count). The highest BCUT2D eigenvalue weighted by molar-refractivity contribution is 5.78. The molecule has 0 saturated carbocycles. The van der Waals surface area contributed by atoms with Crippen molar-refractivity contribution in [3.05, 3.63) is 82.7 Å². The molecule has 0 bridgehead atoms. The van der Waals surface area contributed by atoms with Crippen molar-refractivity contribution in [3.63, 3.8) is 0 Å². The van der Waals surface area contributed by atoms with Gasteiger partial charge in [-0.05, 0) is 107 Å². The van der Waals surface area contributed by atoms with E-state index in [2.05, 4.69) is 32.7 Å². The van der Waals surface area contributed by atoms with E-state index >= 15 is 13.2 Å². The monoisotopic (exact) mass is 654 g/mol. The fraction of sp³-hybridized carbons (Fsp3) is 0.459. The van der Waals surface area contributed by atoms with E-state index in [0.717, 1.165) is 91.8 Å². The lowest BCUT2D eigenvalue weighted by molar-refractivity contribution is 0.528. The first kappa shape index (κ1) is 30.0. The lowest BCUT2D eigenvalue weighted by Crippen LogP contribution is -2.31.